The molecule has 0 bridgehead atoms. The minimum atomic E-state index is -3.39. The molecule has 2 rings (SSSR count). The van der Waals surface area contributed by atoms with E-state index in [1.165, 1.54) is 8.99 Å². The summed E-state index contributed by atoms with van der Waals surface area (Å²) in [4.78, 5) is 13.7. The van der Waals surface area contributed by atoms with Crippen molar-refractivity contribution in [2.45, 2.75) is 13.3 Å². The summed E-state index contributed by atoms with van der Waals surface area (Å²) in [5.41, 5.74) is 0.644. The summed E-state index contributed by atoms with van der Waals surface area (Å²) in [7, 11) is -0.234. The molecule has 0 radical (unpaired) electrons. The Kier molecular flexibility index (Phi) is 5.20. The van der Waals surface area contributed by atoms with Gasteiger partial charge in [0.05, 0.1) is 11.9 Å². The highest BCUT2D eigenvalue weighted by molar-refractivity contribution is 7.87. The van der Waals surface area contributed by atoms with Crippen molar-refractivity contribution < 1.29 is 8.42 Å². The van der Waals surface area contributed by atoms with Gasteiger partial charge in [0.2, 0.25) is 0 Å². The first-order valence-corrected chi connectivity index (χ1v) is 8.76. The first kappa shape index (κ1) is 16.9. The van der Waals surface area contributed by atoms with Gasteiger partial charge in [-0.05, 0) is 12.3 Å². The van der Waals surface area contributed by atoms with E-state index in [1.807, 2.05) is 0 Å². The lowest BCUT2D eigenvalue weighted by atomic mass is 10.1. The molecule has 22 heavy (non-hydrogen) atoms. The van der Waals surface area contributed by atoms with E-state index in [2.05, 4.69) is 14.7 Å². The van der Waals surface area contributed by atoms with E-state index in [0.29, 0.717) is 19.6 Å². The van der Waals surface area contributed by atoms with E-state index < -0.39 is 10.2 Å². The third kappa shape index (κ3) is 3.84. The van der Waals surface area contributed by atoms with Gasteiger partial charge in [-0.2, -0.15) is 17.8 Å². The Hall–Kier alpha value is -1.45. The molecule has 1 fully saturated rings. The van der Waals surface area contributed by atoms with Gasteiger partial charge in [-0.25, -0.2) is 9.40 Å². The van der Waals surface area contributed by atoms with Crippen molar-refractivity contribution in [3.05, 3.63) is 22.6 Å². The molecule has 124 valence electrons. The minimum Gasteiger partial charge on any atom is -0.370 e. The summed E-state index contributed by atoms with van der Waals surface area (Å²) in [5.74, 6) is 0.226. The Labute approximate surface area is 130 Å². The maximum absolute atomic E-state index is 11.9. The molecular formula is C13H23N5O3S. The molecule has 0 aliphatic carbocycles. The Balaban J connectivity index is 1.93. The number of hydrogen-bond acceptors (Lipinski definition) is 5. The van der Waals surface area contributed by atoms with Gasteiger partial charge in [-0.15, -0.1) is 0 Å². The fraction of sp³-hybridized carbons (Fsp3) is 0.692. The zero-order chi connectivity index (χ0) is 16.3. The Morgan fingerprint density at radius 3 is 2.86 bits per heavy atom. The summed E-state index contributed by atoms with van der Waals surface area (Å²) in [6.07, 6.45) is 2.55. The van der Waals surface area contributed by atoms with Crippen LogP contribution in [0.2, 0.25) is 0 Å². The molecule has 0 unspecified atom stereocenters. The zero-order valence-electron chi connectivity index (χ0n) is 13.2. The molecule has 1 aromatic rings. The molecule has 0 amide bonds. The molecule has 1 aromatic heterocycles. The number of hydrogen-bond donors (Lipinski definition) is 1. The largest absolute Gasteiger partial charge is 0.370 e. The van der Waals surface area contributed by atoms with Crippen molar-refractivity contribution in [3.8, 4) is 0 Å². The molecule has 0 spiro atoms. The number of aromatic nitrogens is 2. The predicted molar refractivity (Wildman–Crippen MR) is 85.0 cm³/mol. The number of rotatable bonds is 6. The second-order valence-electron chi connectivity index (χ2n) is 5.54. The number of anilines is 1. The third-order valence-electron chi connectivity index (χ3n) is 4.01. The predicted octanol–water partition coefficient (Wildman–Crippen LogP) is -0.607. The molecule has 1 atom stereocenters. The van der Waals surface area contributed by atoms with E-state index in [1.54, 1.807) is 33.3 Å². The van der Waals surface area contributed by atoms with Crippen LogP contribution in [0.25, 0.3) is 0 Å². The van der Waals surface area contributed by atoms with Crippen LogP contribution in [0.4, 0.5) is 5.69 Å². The zero-order valence-corrected chi connectivity index (χ0v) is 14.0. The van der Waals surface area contributed by atoms with Gasteiger partial charge in [-0.3, -0.25) is 4.79 Å². The first-order valence-electron chi connectivity index (χ1n) is 7.32. The van der Waals surface area contributed by atoms with Crippen molar-refractivity contribution >= 4 is 15.9 Å². The molecule has 0 aromatic carbocycles. The molecule has 1 aliphatic heterocycles. The van der Waals surface area contributed by atoms with Gasteiger partial charge < -0.3 is 4.90 Å². The van der Waals surface area contributed by atoms with Crippen LogP contribution in [-0.2, 0) is 17.3 Å². The quantitative estimate of drug-likeness (QED) is 0.752. The van der Waals surface area contributed by atoms with E-state index in [0.717, 1.165) is 18.7 Å². The smallest absolute Gasteiger partial charge is 0.279 e. The van der Waals surface area contributed by atoms with Gasteiger partial charge in [-0.1, -0.05) is 6.92 Å². The van der Waals surface area contributed by atoms with Crippen LogP contribution in [0, 0.1) is 5.92 Å². The highest BCUT2D eigenvalue weighted by Crippen LogP contribution is 2.21. The van der Waals surface area contributed by atoms with Crippen LogP contribution in [0.5, 0.6) is 0 Å². The van der Waals surface area contributed by atoms with Crippen molar-refractivity contribution in [1.82, 2.24) is 18.8 Å². The van der Waals surface area contributed by atoms with Crippen molar-refractivity contribution in [1.29, 1.82) is 0 Å². The Bertz CT molecular complexity index is 672. The standard InChI is InChI=1S/C13H23N5O3S/c1-4-16(2)22(20,21)15-8-11-5-6-18(10-11)12-7-13(19)17(3)14-9-12/h7,9,11,15H,4-6,8,10H2,1-3H3/t11-/m0/s1. The highest BCUT2D eigenvalue weighted by atomic mass is 32.2. The summed E-state index contributed by atoms with van der Waals surface area (Å²) < 4.78 is 29.0. The maximum Gasteiger partial charge on any atom is 0.279 e. The van der Waals surface area contributed by atoms with Gasteiger partial charge >= 0.3 is 0 Å². The fourth-order valence-corrected chi connectivity index (χ4v) is 3.38. The van der Waals surface area contributed by atoms with Crippen LogP contribution < -0.4 is 15.2 Å². The first-order chi connectivity index (χ1) is 10.3. The second kappa shape index (κ2) is 6.76. The monoisotopic (exact) mass is 329 g/mol. The summed E-state index contributed by atoms with van der Waals surface area (Å²) in [6, 6.07) is 1.56. The van der Waals surface area contributed by atoms with E-state index in [4.69, 9.17) is 0 Å². The third-order valence-corrected chi connectivity index (χ3v) is 5.62. The van der Waals surface area contributed by atoms with Crippen LogP contribution >= 0.6 is 0 Å². The number of aryl methyl sites for hydroxylation is 1. The maximum atomic E-state index is 11.9. The van der Waals surface area contributed by atoms with Gasteiger partial charge in [0.1, 0.15) is 0 Å². The number of nitrogens with zero attached hydrogens (tertiary/aromatic N) is 4. The Morgan fingerprint density at radius 2 is 2.23 bits per heavy atom. The minimum absolute atomic E-state index is 0.147. The van der Waals surface area contributed by atoms with Crippen LogP contribution in [0.1, 0.15) is 13.3 Å². The van der Waals surface area contributed by atoms with Crippen molar-refractivity contribution in [2.75, 3.05) is 38.1 Å². The van der Waals surface area contributed by atoms with Crippen LogP contribution in [0.3, 0.4) is 0 Å². The Morgan fingerprint density at radius 1 is 1.50 bits per heavy atom. The normalized spacial score (nSPS) is 19.1. The van der Waals surface area contributed by atoms with Crippen LogP contribution in [-0.4, -0.2) is 55.7 Å². The lowest BCUT2D eigenvalue weighted by Crippen LogP contribution is -2.40. The van der Waals surface area contributed by atoms with Gasteiger partial charge in [0.25, 0.3) is 15.8 Å². The van der Waals surface area contributed by atoms with E-state index >= 15 is 0 Å². The number of nitrogens with one attached hydrogen (secondary N) is 1. The van der Waals surface area contributed by atoms with Gasteiger partial charge in [0, 0.05) is 46.3 Å². The van der Waals surface area contributed by atoms with E-state index in [-0.39, 0.29) is 11.5 Å². The molecule has 2 heterocycles. The van der Waals surface area contributed by atoms with E-state index in [9.17, 15) is 13.2 Å². The van der Waals surface area contributed by atoms with Crippen LogP contribution in [0.15, 0.2) is 17.1 Å². The average Bonchev–Trinajstić information content (AvgIpc) is 2.96. The van der Waals surface area contributed by atoms with Crippen molar-refractivity contribution in [3.63, 3.8) is 0 Å². The topological polar surface area (TPSA) is 87.5 Å². The lowest BCUT2D eigenvalue weighted by molar-refractivity contribution is 0.462. The van der Waals surface area contributed by atoms with Crippen molar-refractivity contribution in [2.24, 2.45) is 13.0 Å². The molecular weight excluding hydrogens is 306 g/mol. The average molecular weight is 329 g/mol. The summed E-state index contributed by atoms with van der Waals surface area (Å²) >= 11 is 0. The summed E-state index contributed by atoms with van der Waals surface area (Å²) in [5, 5.41) is 4.01. The summed E-state index contributed by atoms with van der Waals surface area (Å²) in [6.45, 7) is 4.14. The van der Waals surface area contributed by atoms with Gasteiger partial charge in [0.15, 0.2) is 0 Å². The SMILES string of the molecule is CCN(C)S(=O)(=O)NC[C@@H]1CCN(c2cnn(C)c(=O)c2)C1. The second-order valence-corrected chi connectivity index (χ2v) is 7.41. The fourth-order valence-electron chi connectivity index (χ4n) is 2.37. The molecule has 1 aliphatic rings. The molecule has 1 N–H and O–H groups in total. The highest BCUT2D eigenvalue weighted by Gasteiger charge is 2.25. The molecule has 9 heteroatoms. The lowest BCUT2D eigenvalue weighted by Gasteiger charge is -2.19. The molecule has 8 nitrogen and oxygen atoms in total. The molecule has 0 saturated carbocycles. The molecule has 1 saturated heterocycles.